The number of carbonyl (C=O) groups is 1. The summed E-state index contributed by atoms with van der Waals surface area (Å²) in [6.45, 7) is 0. The van der Waals surface area contributed by atoms with E-state index in [1.165, 1.54) is 6.08 Å². The average Bonchev–Trinajstić information content (AvgIpc) is 3.24. The van der Waals surface area contributed by atoms with E-state index in [0.29, 0.717) is 16.4 Å². The fourth-order valence-corrected chi connectivity index (χ4v) is 5.95. The Labute approximate surface area is 175 Å². The van der Waals surface area contributed by atoms with Crippen LogP contribution in [0.15, 0.2) is 97.1 Å². The summed E-state index contributed by atoms with van der Waals surface area (Å²) in [5.41, 5.74) is 0.840. The summed E-state index contributed by atoms with van der Waals surface area (Å²) in [6.07, 6.45) is 2.52. The zero-order valence-corrected chi connectivity index (χ0v) is 17.4. The van der Waals surface area contributed by atoms with E-state index in [0.717, 1.165) is 5.56 Å². The molecule has 30 heavy (non-hydrogen) atoms. The normalized spacial score (nSPS) is 16.8. The number of carbonyl (C=O) groups excluding carboxylic acids is 1. The molecule has 4 rings (SSSR count). The molecule has 1 N–H and O–H groups in total. The Hall–Kier alpha value is -3.14. The number of hydrogen-bond donors (Lipinski definition) is 1. The molecule has 2 atom stereocenters. The van der Waals surface area contributed by atoms with E-state index in [9.17, 15) is 9.36 Å². The minimum atomic E-state index is -3.24. The maximum atomic E-state index is 14.5. The first-order valence-electron chi connectivity index (χ1n) is 9.62. The first-order chi connectivity index (χ1) is 14.6. The summed E-state index contributed by atoms with van der Waals surface area (Å²) in [5.74, 6) is 0.306. The number of benzene rings is 3. The molecule has 0 saturated heterocycles. The smallest absolute Gasteiger partial charge is 0.331 e. The third-order valence-corrected chi connectivity index (χ3v) is 7.73. The van der Waals surface area contributed by atoms with E-state index in [1.807, 2.05) is 84.9 Å². The zero-order valence-electron chi connectivity index (χ0n) is 16.5. The monoisotopic (exact) mass is 419 g/mol. The topological polar surface area (TPSA) is 64.6 Å². The Balaban J connectivity index is 1.79. The summed E-state index contributed by atoms with van der Waals surface area (Å²) in [6, 6.07) is 25.6. The predicted molar refractivity (Wildman–Crippen MR) is 118 cm³/mol. The van der Waals surface area contributed by atoms with Crippen LogP contribution in [0.2, 0.25) is 0 Å². The zero-order chi connectivity index (χ0) is 21.0. The SMILES string of the molecule is COc1ccc([C@H](NP(=O)(c2ccccc2)c2ccccc2)[C@H]2C=CC(=O)O2)cc1. The molecule has 6 heteroatoms. The minimum Gasteiger partial charge on any atom is -0.497 e. The quantitative estimate of drug-likeness (QED) is 0.467. The number of cyclic esters (lactones) is 1. The molecule has 0 saturated carbocycles. The van der Waals surface area contributed by atoms with Crippen LogP contribution in [-0.2, 0) is 14.1 Å². The van der Waals surface area contributed by atoms with Crippen molar-refractivity contribution in [3.63, 3.8) is 0 Å². The lowest BCUT2D eigenvalue weighted by atomic mass is 10.0. The third-order valence-electron chi connectivity index (χ3n) is 5.04. The van der Waals surface area contributed by atoms with Crippen molar-refractivity contribution in [2.75, 3.05) is 7.11 Å². The van der Waals surface area contributed by atoms with Crippen LogP contribution < -0.4 is 20.4 Å². The van der Waals surface area contributed by atoms with Crippen molar-refractivity contribution in [2.24, 2.45) is 0 Å². The Kier molecular flexibility index (Phi) is 5.84. The largest absolute Gasteiger partial charge is 0.497 e. The number of ether oxygens (including phenoxy) is 2. The van der Waals surface area contributed by atoms with Crippen LogP contribution in [0.25, 0.3) is 0 Å². The lowest BCUT2D eigenvalue weighted by molar-refractivity contribution is -0.139. The number of nitrogens with one attached hydrogen (secondary N) is 1. The van der Waals surface area contributed by atoms with Gasteiger partial charge in [0.15, 0.2) is 0 Å². The fourth-order valence-electron chi connectivity index (χ4n) is 3.48. The molecular weight excluding hydrogens is 397 g/mol. The van der Waals surface area contributed by atoms with Crippen LogP contribution >= 0.6 is 7.29 Å². The van der Waals surface area contributed by atoms with E-state index in [1.54, 1.807) is 13.2 Å². The minimum absolute atomic E-state index is 0.408. The van der Waals surface area contributed by atoms with E-state index >= 15 is 0 Å². The molecule has 0 spiro atoms. The van der Waals surface area contributed by atoms with E-state index < -0.39 is 25.4 Å². The molecule has 0 aromatic heterocycles. The van der Waals surface area contributed by atoms with Gasteiger partial charge in [-0.3, -0.25) is 4.57 Å². The molecule has 1 aliphatic heterocycles. The maximum Gasteiger partial charge on any atom is 0.331 e. The molecular formula is C24H22NO4P. The summed E-state index contributed by atoms with van der Waals surface area (Å²) < 4.78 is 25.2. The van der Waals surface area contributed by atoms with Gasteiger partial charge in [-0.15, -0.1) is 0 Å². The van der Waals surface area contributed by atoms with Gasteiger partial charge in [0.1, 0.15) is 11.9 Å². The highest BCUT2D eigenvalue weighted by Crippen LogP contribution is 2.43. The summed E-state index contributed by atoms with van der Waals surface area (Å²) in [7, 11) is -1.64. The highest BCUT2D eigenvalue weighted by atomic mass is 31.2. The van der Waals surface area contributed by atoms with E-state index in [4.69, 9.17) is 9.47 Å². The van der Waals surface area contributed by atoms with Gasteiger partial charge >= 0.3 is 5.97 Å². The predicted octanol–water partition coefficient (Wildman–Crippen LogP) is 3.74. The van der Waals surface area contributed by atoms with Gasteiger partial charge in [0.2, 0.25) is 7.29 Å². The molecule has 1 heterocycles. The summed E-state index contributed by atoms with van der Waals surface area (Å²) in [4.78, 5) is 11.8. The standard InChI is InChI=1S/C24H22NO4P/c1-28-19-14-12-18(13-15-19)24(22-16-17-23(26)29-22)25-30(27,20-8-4-2-5-9-20)21-10-6-3-7-11-21/h2-17,22,24H,1H3,(H,25,27)/t22-,24+/m1/s1. The Morgan fingerprint density at radius 1 is 0.900 bits per heavy atom. The molecule has 1 aliphatic rings. The molecule has 0 bridgehead atoms. The second-order valence-corrected chi connectivity index (χ2v) is 9.43. The van der Waals surface area contributed by atoms with Crippen molar-refractivity contribution in [1.82, 2.24) is 5.09 Å². The Morgan fingerprint density at radius 2 is 1.47 bits per heavy atom. The fraction of sp³-hybridized carbons (Fsp3) is 0.125. The van der Waals surface area contributed by atoms with Crippen LogP contribution in [-0.4, -0.2) is 19.2 Å². The molecule has 0 fully saturated rings. The van der Waals surface area contributed by atoms with Gasteiger partial charge in [0.05, 0.1) is 13.2 Å². The van der Waals surface area contributed by atoms with Gasteiger partial charge in [-0.1, -0.05) is 48.5 Å². The number of hydrogen-bond acceptors (Lipinski definition) is 4. The van der Waals surface area contributed by atoms with Gasteiger partial charge in [-0.25, -0.2) is 9.88 Å². The van der Waals surface area contributed by atoms with Crippen molar-refractivity contribution in [2.45, 2.75) is 12.1 Å². The van der Waals surface area contributed by atoms with Crippen LogP contribution in [0.5, 0.6) is 5.75 Å². The third kappa shape index (κ3) is 4.09. The lowest BCUT2D eigenvalue weighted by Crippen LogP contribution is -2.36. The highest BCUT2D eigenvalue weighted by molar-refractivity contribution is 7.76. The van der Waals surface area contributed by atoms with E-state index in [2.05, 4.69) is 5.09 Å². The Bertz CT molecular complexity index is 1040. The lowest BCUT2D eigenvalue weighted by Gasteiger charge is -2.30. The highest BCUT2D eigenvalue weighted by Gasteiger charge is 2.36. The molecule has 152 valence electrons. The first kappa shape index (κ1) is 20.1. The van der Waals surface area contributed by atoms with Crippen molar-refractivity contribution < 1.29 is 18.8 Å². The number of esters is 1. The molecule has 0 unspecified atom stereocenters. The summed E-state index contributed by atoms with van der Waals surface area (Å²) >= 11 is 0. The van der Waals surface area contributed by atoms with Crippen molar-refractivity contribution >= 4 is 23.9 Å². The molecule has 3 aromatic rings. The van der Waals surface area contributed by atoms with Crippen molar-refractivity contribution in [3.05, 3.63) is 103 Å². The molecule has 5 nitrogen and oxygen atoms in total. The van der Waals surface area contributed by atoms with Crippen molar-refractivity contribution in [3.8, 4) is 5.75 Å². The van der Waals surface area contributed by atoms with Gasteiger partial charge < -0.3 is 9.47 Å². The molecule has 0 aliphatic carbocycles. The van der Waals surface area contributed by atoms with Crippen molar-refractivity contribution in [1.29, 1.82) is 0 Å². The first-order valence-corrected chi connectivity index (χ1v) is 11.3. The average molecular weight is 419 g/mol. The molecule has 3 aromatic carbocycles. The van der Waals surface area contributed by atoms with Gasteiger partial charge in [0, 0.05) is 16.7 Å². The second-order valence-electron chi connectivity index (χ2n) is 6.92. The van der Waals surface area contributed by atoms with Gasteiger partial charge in [0.25, 0.3) is 0 Å². The van der Waals surface area contributed by atoms with E-state index in [-0.39, 0.29) is 0 Å². The Morgan fingerprint density at radius 3 is 1.93 bits per heavy atom. The number of methoxy groups -OCH3 is 1. The van der Waals surface area contributed by atoms with Crippen LogP contribution in [0.1, 0.15) is 11.6 Å². The summed E-state index contributed by atoms with van der Waals surface area (Å²) in [5, 5.41) is 4.73. The maximum absolute atomic E-state index is 14.5. The van der Waals surface area contributed by atoms with Gasteiger partial charge in [-0.2, -0.15) is 0 Å². The number of rotatable bonds is 7. The molecule has 0 amide bonds. The second kappa shape index (κ2) is 8.70. The molecule has 0 radical (unpaired) electrons. The van der Waals surface area contributed by atoms with Crippen LogP contribution in [0, 0.1) is 0 Å². The van der Waals surface area contributed by atoms with Gasteiger partial charge in [-0.05, 0) is 48.0 Å². The van der Waals surface area contributed by atoms with Crippen LogP contribution in [0.3, 0.4) is 0 Å². The van der Waals surface area contributed by atoms with Crippen LogP contribution in [0.4, 0.5) is 0 Å².